The van der Waals surface area contributed by atoms with Crippen molar-refractivity contribution in [1.82, 2.24) is 0 Å². The maximum Gasteiger partial charge on any atom is 0.215 e. The monoisotopic (exact) mass is 785 g/mol. The van der Waals surface area contributed by atoms with E-state index in [-0.39, 0.29) is 0 Å². The summed E-state index contributed by atoms with van der Waals surface area (Å²) in [5.41, 5.74) is 0. The van der Waals surface area contributed by atoms with E-state index in [0.29, 0.717) is 0 Å². The summed E-state index contributed by atoms with van der Waals surface area (Å²) in [6, 6.07) is 0. The molecule has 3 atom stereocenters. The Hall–Kier alpha value is 5.51. The van der Waals surface area contributed by atoms with Crippen LogP contribution < -0.4 is 0 Å². The number of hydrogen-bond acceptors (Lipinski definition) is 0. The van der Waals surface area contributed by atoms with Crippen LogP contribution in [0.1, 0.15) is 0 Å². The lowest BCUT2D eigenvalue weighted by Crippen LogP contribution is -2.87. The predicted octanol–water partition coefficient (Wildman–Crippen LogP) is 11.2. The molecule has 1 rings (SSSR count). The number of alkyl halides is 19. The summed E-state index contributed by atoms with van der Waals surface area (Å²) < 4.78 is -16.8. The van der Waals surface area contributed by atoms with Crippen molar-refractivity contribution in [2.24, 2.45) is 0 Å². The fraction of sp³-hybridized carbons (Fsp3) is 1.00. The third kappa shape index (κ3) is 4.15. The third-order valence-corrected chi connectivity index (χ3v) is 15.4. The molecule has 0 heterocycles. The van der Waals surface area contributed by atoms with Crippen molar-refractivity contribution < 1.29 is 0 Å². The van der Waals surface area contributed by atoms with Crippen LogP contribution in [0.5, 0.6) is 0 Å². The summed E-state index contributed by atoms with van der Waals surface area (Å²) in [6.07, 6.45) is 0. The quantitative estimate of drug-likeness (QED) is 0.232. The normalized spacial score (nSPS) is 35.5. The second-order valence-electron chi connectivity index (χ2n) is 5.66. The molecule has 0 radical (unpaired) electrons. The van der Waals surface area contributed by atoms with Crippen LogP contribution in [0, 0.1) is 0 Å². The van der Waals surface area contributed by atoms with Gasteiger partial charge in [0.25, 0.3) is 0 Å². The first kappa shape index (κ1) is 32.5. The van der Waals surface area contributed by atoms with Crippen molar-refractivity contribution in [3.8, 4) is 0 Å². The standard InChI is InChI=1S/C10HCl19/c11-1-2(12,4(15,8(21,22)23)9(24,25)26)6(17,18)7(19,20)5(16,3(1,13)14)10(27,28)29/h1H. The van der Waals surface area contributed by atoms with Gasteiger partial charge in [-0.1, -0.05) is 174 Å². The number of hydrogen-bond donors (Lipinski definition) is 0. The van der Waals surface area contributed by atoms with Crippen LogP contribution in [0.4, 0.5) is 0 Å². The van der Waals surface area contributed by atoms with Crippen molar-refractivity contribution in [2.75, 3.05) is 0 Å². The highest BCUT2D eigenvalue weighted by Crippen LogP contribution is 2.80. The molecule has 0 amide bonds. The molecular weight excluding hydrogens is 794 g/mol. The van der Waals surface area contributed by atoms with Crippen LogP contribution >= 0.6 is 220 Å². The zero-order chi connectivity index (χ0) is 24.1. The van der Waals surface area contributed by atoms with Crippen molar-refractivity contribution >= 4 is 220 Å². The van der Waals surface area contributed by atoms with Gasteiger partial charge in [0.2, 0.25) is 11.4 Å². The van der Waals surface area contributed by atoms with Crippen LogP contribution in [0.25, 0.3) is 0 Å². The lowest BCUT2D eigenvalue weighted by atomic mass is 9.72. The van der Waals surface area contributed by atoms with Gasteiger partial charge in [-0.2, -0.15) is 0 Å². The second-order valence-corrected chi connectivity index (χ2v) is 18.7. The summed E-state index contributed by atoms with van der Waals surface area (Å²) in [5.74, 6) is 0. The zero-order valence-corrected chi connectivity index (χ0v) is 26.6. The minimum Gasteiger partial charge on any atom is -0.118 e. The van der Waals surface area contributed by atoms with Gasteiger partial charge in [-0.3, -0.25) is 0 Å². The minimum atomic E-state index is -2.95. The fourth-order valence-electron chi connectivity index (χ4n) is 2.57. The Bertz CT molecular complexity index is 635. The summed E-state index contributed by atoms with van der Waals surface area (Å²) in [7, 11) is 0. The lowest BCUT2D eigenvalue weighted by Gasteiger charge is -2.67. The molecule has 19 heteroatoms. The van der Waals surface area contributed by atoms with Crippen molar-refractivity contribution in [3.05, 3.63) is 0 Å². The molecule has 174 valence electrons. The molecule has 1 aliphatic carbocycles. The number of rotatable bonds is 1. The molecule has 0 aromatic rings. The Kier molecular flexibility index (Phi) is 10.2. The topological polar surface area (TPSA) is 0 Å². The average molecular weight is 795 g/mol. The lowest BCUT2D eigenvalue weighted by molar-refractivity contribution is 0.229. The molecule has 1 fully saturated rings. The van der Waals surface area contributed by atoms with E-state index in [0.717, 1.165) is 0 Å². The molecular formula is C10HCl19. The van der Waals surface area contributed by atoms with Gasteiger partial charge >= 0.3 is 0 Å². The Morgan fingerprint density at radius 2 is 0.828 bits per heavy atom. The third-order valence-electron chi connectivity index (χ3n) is 4.08. The minimum absolute atomic E-state index is 2.11. The molecule has 29 heavy (non-hydrogen) atoms. The molecule has 0 bridgehead atoms. The SMILES string of the molecule is ClC1C(Cl)(Cl)C(Cl)(C(Cl)(Cl)Cl)C(Cl)(Cl)C(Cl)(Cl)C1(Cl)C(Cl)(C(Cl)(Cl)Cl)C(Cl)(Cl)Cl. The first-order chi connectivity index (χ1) is 12.2. The average Bonchev–Trinajstić information content (AvgIpc) is 2.46. The van der Waals surface area contributed by atoms with Crippen molar-refractivity contribution in [3.63, 3.8) is 0 Å². The van der Waals surface area contributed by atoms with E-state index in [9.17, 15) is 0 Å². The van der Waals surface area contributed by atoms with Gasteiger partial charge in [0.05, 0.1) is 5.38 Å². The molecule has 1 aliphatic rings. The predicted molar refractivity (Wildman–Crippen MR) is 140 cm³/mol. The summed E-state index contributed by atoms with van der Waals surface area (Å²) in [5, 5.41) is -2.11. The molecule has 0 aromatic heterocycles. The van der Waals surface area contributed by atoms with Gasteiger partial charge in [-0.25, -0.2) is 0 Å². The highest BCUT2D eigenvalue weighted by molar-refractivity contribution is 6.82. The van der Waals surface area contributed by atoms with Gasteiger partial charge in [0, 0.05) is 0 Å². The highest BCUT2D eigenvalue weighted by Gasteiger charge is 2.92. The van der Waals surface area contributed by atoms with Gasteiger partial charge in [-0.05, 0) is 0 Å². The van der Waals surface area contributed by atoms with Crippen LogP contribution in [-0.2, 0) is 0 Å². The van der Waals surface area contributed by atoms with Crippen LogP contribution in [0.2, 0.25) is 0 Å². The molecule has 0 spiro atoms. The van der Waals surface area contributed by atoms with E-state index in [1.807, 2.05) is 0 Å². The summed E-state index contributed by atoms with van der Waals surface area (Å²) >= 11 is 118. The highest BCUT2D eigenvalue weighted by atomic mass is 35.6. The summed E-state index contributed by atoms with van der Waals surface area (Å²) in [6.45, 7) is 0. The smallest absolute Gasteiger partial charge is 0.118 e. The molecule has 0 aliphatic heterocycles. The first-order valence-electron chi connectivity index (χ1n) is 6.20. The molecule has 1 saturated carbocycles. The Labute approximate surface area is 261 Å². The van der Waals surface area contributed by atoms with Crippen LogP contribution in [0.15, 0.2) is 0 Å². The largest absolute Gasteiger partial charge is 0.215 e. The number of halogens is 19. The van der Waals surface area contributed by atoms with Gasteiger partial charge in [0.1, 0.15) is 4.87 Å². The second kappa shape index (κ2) is 9.06. The fourth-order valence-corrected chi connectivity index (χ4v) is 11.5. The molecule has 3 unspecified atom stereocenters. The molecule has 0 aromatic carbocycles. The molecule has 0 N–H and O–H groups in total. The van der Waals surface area contributed by atoms with Gasteiger partial charge in [-0.15, -0.1) is 46.4 Å². The maximum atomic E-state index is 6.68. The Balaban J connectivity index is 4.23. The van der Waals surface area contributed by atoms with E-state index in [1.54, 1.807) is 0 Å². The summed E-state index contributed by atoms with van der Waals surface area (Å²) in [4.78, 5) is -8.63. The first-order valence-corrected chi connectivity index (χ1v) is 13.4. The molecule has 0 saturated heterocycles. The van der Waals surface area contributed by atoms with Gasteiger partial charge < -0.3 is 0 Å². The van der Waals surface area contributed by atoms with Crippen LogP contribution in [0.3, 0.4) is 0 Å². The van der Waals surface area contributed by atoms with E-state index in [4.69, 9.17) is 220 Å². The van der Waals surface area contributed by atoms with E-state index in [1.165, 1.54) is 0 Å². The van der Waals surface area contributed by atoms with Gasteiger partial charge in [0.15, 0.2) is 22.7 Å². The Morgan fingerprint density at radius 1 is 0.517 bits per heavy atom. The van der Waals surface area contributed by atoms with E-state index < -0.39 is 44.4 Å². The van der Waals surface area contributed by atoms with Crippen molar-refractivity contribution in [1.29, 1.82) is 0 Å². The van der Waals surface area contributed by atoms with Crippen molar-refractivity contribution in [2.45, 2.75) is 44.4 Å². The zero-order valence-electron chi connectivity index (χ0n) is 12.3. The van der Waals surface area contributed by atoms with E-state index in [2.05, 4.69) is 0 Å². The maximum absolute atomic E-state index is 6.68. The van der Waals surface area contributed by atoms with E-state index >= 15 is 0 Å². The molecule has 0 nitrogen and oxygen atoms in total. The Morgan fingerprint density at radius 3 is 1.07 bits per heavy atom. The van der Waals surface area contributed by atoms with Crippen LogP contribution in [-0.4, -0.2) is 44.4 Å².